The molecule has 4 rings (SSSR count). The second kappa shape index (κ2) is 11.3. The van der Waals surface area contributed by atoms with Crippen LogP contribution in [0.5, 0.6) is 0 Å². The van der Waals surface area contributed by atoms with E-state index >= 15 is 0 Å². The maximum atomic E-state index is 13.0. The lowest BCUT2D eigenvalue weighted by Gasteiger charge is -2.23. The van der Waals surface area contributed by atoms with Crippen molar-refractivity contribution in [2.45, 2.75) is 29.5 Å². The Morgan fingerprint density at radius 1 is 1.17 bits per heavy atom. The van der Waals surface area contributed by atoms with Gasteiger partial charge in [0.15, 0.2) is 0 Å². The smallest absolute Gasteiger partial charge is 0.410 e. The van der Waals surface area contributed by atoms with Gasteiger partial charge >= 0.3 is 6.09 Å². The number of ether oxygens (including phenoxy) is 1. The van der Waals surface area contributed by atoms with Crippen LogP contribution in [0, 0.1) is 10.1 Å². The molecule has 1 aliphatic rings. The van der Waals surface area contributed by atoms with Gasteiger partial charge in [0.2, 0.25) is 10.3 Å². The number of nitrogens with zero attached hydrogens (tertiary/aromatic N) is 6. The predicted octanol–water partition coefficient (Wildman–Crippen LogP) is 3.56. The van der Waals surface area contributed by atoms with E-state index in [1.165, 1.54) is 35.7 Å². The van der Waals surface area contributed by atoms with Crippen LogP contribution < -0.4 is 0 Å². The fraction of sp³-hybridized carbons (Fsp3) is 0.318. The maximum absolute atomic E-state index is 13.0. The molecule has 2 atom stereocenters. The van der Waals surface area contributed by atoms with Crippen LogP contribution in [0.2, 0.25) is 0 Å². The average Bonchev–Trinajstić information content (AvgIpc) is 3.47. The van der Waals surface area contributed by atoms with Gasteiger partial charge in [-0.15, -0.1) is 5.10 Å². The first-order valence-electron chi connectivity index (χ1n) is 10.7. The maximum Gasteiger partial charge on any atom is 0.410 e. The molecule has 1 aliphatic heterocycles. The Kier molecular flexibility index (Phi) is 7.98. The van der Waals surface area contributed by atoms with Gasteiger partial charge in [-0.1, -0.05) is 53.9 Å². The van der Waals surface area contributed by atoms with Gasteiger partial charge in [-0.25, -0.2) is 9.48 Å². The summed E-state index contributed by atoms with van der Waals surface area (Å²) in [5, 5.41) is 22.8. The molecular weight excluding hydrogens is 492 g/mol. The lowest BCUT2D eigenvalue weighted by molar-refractivity contribution is -0.384. The van der Waals surface area contributed by atoms with Gasteiger partial charge in [-0.3, -0.25) is 14.9 Å². The fourth-order valence-electron chi connectivity index (χ4n) is 3.59. The van der Waals surface area contributed by atoms with Gasteiger partial charge in [0, 0.05) is 48.3 Å². The Hall–Kier alpha value is -3.45. The van der Waals surface area contributed by atoms with Gasteiger partial charge < -0.3 is 9.64 Å². The number of rotatable bonds is 8. The Balaban J connectivity index is 1.40. The summed E-state index contributed by atoms with van der Waals surface area (Å²) in [7, 11) is 1.74. The van der Waals surface area contributed by atoms with Gasteiger partial charge in [0.1, 0.15) is 6.61 Å². The highest BCUT2D eigenvalue weighted by Crippen LogP contribution is 2.33. The number of tetrazole rings is 1. The Morgan fingerprint density at radius 3 is 2.57 bits per heavy atom. The second-order valence-corrected chi connectivity index (χ2v) is 10.1. The van der Waals surface area contributed by atoms with E-state index in [1.807, 2.05) is 18.2 Å². The van der Waals surface area contributed by atoms with Crippen molar-refractivity contribution in [2.24, 2.45) is 7.05 Å². The summed E-state index contributed by atoms with van der Waals surface area (Å²) in [4.78, 5) is 37.7. The fourth-order valence-corrected chi connectivity index (χ4v) is 5.69. The van der Waals surface area contributed by atoms with Crippen LogP contribution in [-0.4, -0.2) is 64.8 Å². The van der Waals surface area contributed by atoms with E-state index in [0.29, 0.717) is 35.0 Å². The molecule has 1 aromatic heterocycles. The minimum atomic E-state index is -0.500. The van der Waals surface area contributed by atoms with E-state index in [2.05, 4.69) is 15.5 Å². The molecule has 182 valence electrons. The van der Waals surface area contributed by atoms with Crippen molar-refractivity contribution >= 4 is 40.4 Å². The summed E-state index contributed by atoms with van der Waals surface area (Å²) >= 11 is 2.65. The van der Waals surface area contributed by atoms with E-state index in [1.54, 1.807) is 40.9 Å². The molecule has 2 heterocycles. The molecule has 11 nitrogen and oxygen atoms in total. The first-order chi connectivity index (χ1) is 16.9. The quantitative estimate of drug-likeness (QED) is 0.249. The molecule has 2 aromatic carbocycles. The van der Waals surface area contributed by atoms with Gasteiger partial charge in [-0.2, -0.15) is 0 Å². The zero-order valence-electron chi connectivity index (χ0n) is 18.7. The number of carbonyl (C=O) groups excluding carboxylic acids is 2. The van der Waals surface area contributed by atoms with Crippen LogP contribution in [0.15, 0.2) is 59.8 Å². The van der Waals surface area contributed by atoms with Crippen molar-refractivity contribution in [3.63, 3.8) is 0 Å². The van der Waals surface area contributed by atoms with Crippen molar-refractivity contribution in [2.75, 3.05) is 12.3 Å². The minimum Gasteiger partial charge on any atom is -0.445 e. The van der Waals surface area contributed by atoms with E-state index in [9.17, 15) is 19.7 Å². The highest BCUT2D eigenvalue weighted by atomic mass is 32.2. The van der Waals surface area contributed by atoms with Crippen molar-refractivity contribution < 1.29 is 19.2 Å². The topological polar surface area (TPSA) is 133 Å². The second-order valence-electron chi connectivity index (χ2n) is 7.81. The molecule has 0 N–H and O–H groups in total. The monoisotopic (exact) mass is 514 g/mol. The molecule has 1 amide bonds. The first kappa shape index (κ1) is 24.7. The number of carbonyl (C=O) groups is 2. The van der Waals surface area contributed by atoms with Crippen LogP contribution in [0.25, 0.3) is 0 Å². The molecule has 0 saturated carbocycles. The summed E-state index contributed by atoms with van der Waals surface area (Å²) < 4.78 is 7.07. The van der Waals surface area contributed by atoms with Gasteiger partial charge in [0.05, 0.1) is 4.92 Å². The number of aromatic nitrogens is 4. The average molecular weight is 515 g/mol. The van der Waals surface area contributed by atoms with E-state index in [4.69, 9.17) is 4.74 Å². The highest BCUT2D eigenvalue weighted by Gasteiger charge is 2.38. The van der Waals surface area contributed by atoms with Crippen molar-refractivity contribution in [3.8, 4) is 0 Å². The number of likely N-dealkylation sites (tertiary alicyclic amines) is 1. The molecule has 13 heteroatoms. The molecule has 0 bridgehead atoms. The van der Waals surface area contributed by atoms with Crippen LogP contribution in [-0.2, 0) is 18.4 Å². The zero-order valence-corrected chi connectivity index (χ0v) is 20.4. The van der Waals surface area contributed by atoms with Crippen LogP contribution in [0.1, 0.15) is 22.3 Å². The van der Waals surface area contributed by atoms with E-state index in [0.717, 1.165) is 0 Å². The van der Waals surface area contributed by atoms with Crippen molar-refractivity contribution in [1.29, 1.82) is 0 Å². The molecule has 35 heavy (non-hydrogen) atoms. The van der Waals surface area contributed by atoms with Crippen LogP contribution in [0.4, 0.5) is 10.5 Å². The number of nitro groups is 1. The third-order valence-corrected chi connectivity index (χ3v) is 7.67. The molecule has 1 saturated heterocycles. The van der Waals surface area contributed by atoms with Crippen LogP contribution >= 0.6 is 23.5 Å². The third-order valence-electron chi connectivity index (χ3n) is 5.39. The molecule has 0 spiro atoms. The summed E-state index contributed by atoms with van der Waals surface area (Å²) in [5.74, 6) is 0.539. The molecular formula is C22H22N6O5S2. The number of amides is 1. The lowest BCUT2D eigenvalue weighted by atomic mass is 10.2. The molecule has 0 radical (unpaired) electrons. The predicted molar refractivity (Wildman–Crippen MR) is 130 cm³/mol. The molecule has 0 unspecified atom stereocenters. The number of thioether (sulfide) groups is 2. The first-order valence-corrected chi connectivity index (χ1v) is 12.5. The number of benzene rings is 2. The number of hydrogen-bond acceptors (Lipinski definition) is 10. The summed E-state index contributed by atoms with van der Waals surface area (Å²) in [6.45, 7) is 0.353. The van der Waals surface area contributed by atoms with E-state index in [-0.39, 0.29) is 28.7 Å². The molecule has 1 fully saturated rings. The lowest BCUT2D eigenvalue weighted by Crippen LogP contribution is -2.37. The Labute approximate surface area is 209 Å². The van der Waals surface area contributed by atoms with Crippen LogP contribution in [0.3, 0.4) is 0 Å². The van der Waals surface area contributed by atoms with Gasteiger partial charge in [-0.05, 0) is 34.5 Å². The zero-order chi connectivity index (χ0) is 24.8. The standard InChI is InChI=1S/C22H22N6O5S2/c1-26-21(23-24-25-26)34-14-18-11-19(35-20(29)16-5-3-2-4-6-16)12-27(18)22(30)33-13-15-7-9-17(10-8-15)28(31)32/h2-10,18-19H,11-14H2,1H3/t18-,19-/m0/s1. The SMILES string of the molecule is Cn1nnnc1SC[C@@H]1C[C@H](SC(=O)c2ccccc2)CN1C(=O)OCc1ccc([N+](=O)[O-])cc1. The third kappa shape index (κ3) is 6.36. The molecule has 3 aromatic rings. The molecule has 0 aliphatic carbocycles. The summed E-state index contributed by atoms with van der Waals surface area (Å²) in [6, 6.07) is 14.7. The Bertz CT molecular complexity index is 1190. The number of nitro benzene ring substituents is 1. The number of aryl methyl sites for hydroxylation is 1. The summed E-state index contributed by atoms with van der Waals surface area (Å²) in [6.07, 6.45) is 0.119. The Morgan fingerprint density at radius 2 is 1.91 bits per heavy atom. The van der Waals surface area contributed by atoms with E-state index < -0.39 is 11.0 Å². The highest BCUT2D eigenvalue weighted by molar-refractivity contribution is 8.14. The summed E-state index contributed by atoms with van der Waals surface area (Å²) in [5.41, 5.74) is 1.23. The minimum absolute atomic E-state index is 0.0127. The largest absolute Gasteiger partial charge is 0.445 e. The van der Waals surface area contributed by atoms with Crippen molar-refractivity contribution in [1.82, 2.24) is 25.1 Å². The number of non-ortho nitro benzene ring substituents is 1. The normalized spacial score (nSPS) is 17.3. The van der Waals surface area contributed by atoms with Gasteiger partial charge in [0.25, 0.3) is 5.69 Å². The number of hydrogen-bond donors (Lipinski definition) is 0. The van der Waals surface area contributed by atoms with Crippen molar-refractivity contribution in [3.05, 3.63) is 75.8 Å².